The summed E-state index contributed by atoms with van der Waals surface area (Å²) >= 11 is 0. The van der Waals surface area contributed by atoms with Crippen molar-refractivity contribution in [1.29, 1.82) is 0 Å². The minimum atomic E-state index is -0.277. The van der Waals surface area contributed by atoms with Crippen molar-refractivity contribution in [3.8, 4) is 0 Å². The van der Waals surface area contributed by atoms with Crippen LogP contribution in [-0.2, 0) is 4.79 Å². The quantitative estimate of drug-likeness (QED) is 0.829. The second kappa shape index (κ2) is 5.48. The fraction of sp³-hybridized carbons (Fsp3) is 0.176. The van der Waals surface area contributed by atoms with Crippen molar-refractivity contribution < 1.29 is 9.18 Å². The Labute approximate surface area is 122 Å². The molecule has 0 aromatic heterocycles. The topological polar surface area (TPSA) is 32.7 Å². The highest BCUT2D eigenvalue weighted by Gasteiger charge is 2.31. The monoisotopic (exact) mass is 282 g/mol. The van der Waals surface area contributed by atoms with E-state index in [0.29, 0.717) is 6.42 Å². The number of hydrogen-bond donors (Lipinski definition) is 0. The van der Waals surface area contributed by atoms with E-state index in [0.717, 1.165) is 16.8 Å². The van der Waals surface area contributed by atoms with Crippen molar-refractivity contribution in [3.63, 3.8) is 0 Å². The van der Waals surface area contributed by atoms with E-state index in [1.807, 2.05) is 30.3 Å². The fourth-order valence-corrected chi connectivity index (χ4v) is 2.55. The van der Waals surface area contributed by atoms with Gasteiger partial charge in [-0.2, -0.15) is 5.10 Å². The summed E-state index contributed by atoms with van der Waals surface area (Å²) in [4.78, 5) is 11.8. The maximum atomic E-state index is 13.0. The summed E-state index contributed by atoms with van der Waals surface area (Å²) in [5, 5.41) is 5.93. The van der Waals surface area contributed by atoms with Gasteiger partial charge in [0.05, 0.1) is 11.8 Å². The molecule has 2 aromatic carbocycles. The molecule has 1 aliphatic rings. The van der Waals surface area contributed by atoms with Gasteiger partial charge >= 0.3 is 0 Å². The summed E-state index contributed by atoms with van der Waals surface area (Å²) < 4.78 is 13.0. The zero-order valence-corrected chi connectivity index (χ0v) is 11.7. The Hall–Kier alpha value is -2.49. The number of rotatable bonds is 2. The van der Waals surface area contributed by atoms with Crippen molar-refractivity contribution in [2.45, 2.75) is 19.4 Å². The van der Waals surface area contributed by atoms with Crippen LogP contribution in [0, 0.1) is 5.82 Å². The zero-order valence-electron chi connectivity index (χ0n) is 11.7. The lowest BCUT2D eigenvalue weighted by Gasteiger charge is -2.20. The predicted molar refractivity (Wildman–Crippen MR) is 79.3 cm³/mol. The maximum Gasteiger partial charge on any atom is 0.240 e. The zero-order chi connectivity index (χ0) is 14.8. The first-order valence-corrected chi connectivity index (χ1v) is 6.83. The Morgan fingerprint density at radius 2 is 1.81 bits per heavy atom. The molecule has 0 fully saturated rings. The Morgan fingerprint density at radius 3 is 2.43 bits per heavy atom. The highest BCUT2D eigenvalue weighted by atomic mass is 19.1. The van der Waals surface area contributed by atoms with Gasteiger partial charge in [0.15, 0.2) is 0 Å². The Bertz CT molecular complexity index is 680. The van der Waals surface area contributed by atoms with Gasteiger partial charge in [0.1, 0.15) is 5.82 Å². The molecule has 1 heterocycles. The van der Waals surface area contributed by atoms with Crippen molar-refractivity contribution in [2.24, 2.45) is 5.10 Å². The second-order valence-electron chi connectivity index (χ2n) is 5.05. The van der Waals surface area contributed by atoms with Gasteiger partial charge in [0, 0.05) is 13.3 Å². The molecule has 0 aliphatic carbocycles. The predicted octanol–water partition coefficient (Wildman–Crippen LogP) is 3.52. The van der Waals surface area contributed by atoms with Crippen LogP contribution in [0.3, 0.4) is 0 Å². The number of hydrazone groups is 1. The van der Waals surface area contributed by atoms with Gasteiger partial charge in [-0.15, -0.1) is 0 Å². The molecule has 4 heteroatoms. The molecule has 0 saturated heterocycles. The van der Waals surface area contributed by atoms with E-state index in [1.165, 1.54) is 24.1 Å². The van der Waals surface area contributed by atoms with E-state index >= 15 is 0 Å². The van der Waals surface area contributed by atoms with Gasteiger partial charge in [-0.1, -0.05) is 42.5 Å². The summed E-state index contributed by atoms with van der Waals surface area (Å²) in [5.74, 6) is -0.374. The molecule has 0 spiro atoms. The van der Waals surface area contributed by atoms with Gasteiger partial charge in [-0.05, 0) is 23.3 Å². The van der Waals surface area contributed by atoms with Crippen LogP contribution in [0.2, 0.25) is 0 Å². The third kappa shape index (κ3) is 2.70. The smallest absolute Gasteiger partial charge is 0.240 e. The molecule has 0 radical (unpaired) electrons. The first-order chi connectivity index (χ1) is 10.1. The fourth-order valence-electron chi connectivity index (χ4n) is 2.55. The maximum absolute atomic E-state index is 13.0. The van der Waals surface area contributed by atoms with Crippen LogP contribution in [0.5, 0.6) is 0 Å². The number of hydrogen-bond acceptors (Lipinski definition) is 2. The van der Waals surface area contributed by atoms with Gasteiger partial charge < -0.3 is 0 Å². The summed E-state index contributed by atoms with van der Waals surface area (Å²) in [7, 11) is 0. The summed E-state index contributed by atoms with van der Waals surface area (Å²) in [6.07, 6.45) is 0.634. The molecule has 1 atom stereocenters. The lowest BCUT2D eigenvalue weighted by molar-refractivity contribution is -0.130. The second-order valence-corrected chi connectivity index (χ2v) is 5.05. The molecule has 3 nitrogen and oxygen atoms in total. The Balaban J connectivity index is 1.93. The largest absolute Gasteiger partial charge is 0.273 e. The van der Waals surface area contributed by atoms with Crippen LogP contribution >= 0.6 is 0 Å². The van der Waals surface area contributed by atoms with E-state index in [1.54, 1.807) is 12.1 Å². The highest BCUT2D eigenvalue weighted by Crippen LogP contribution is 2.32. The number of amides is 1. The third-order valence-electron chi connectivity index (χ3n) is 3.59. The minimum Gasteiger partial charge on any atom is -0.273 e. The van der Waals surface area contributed by atoms with Crippen LogP contribution in [-0.4, -0.2) is 16.6 Å². The Kier molecular flexibility index (Phi) is 3.52. The summed E-state index contributed by atoms with van der Waals surface area (Å²) in [5.41, 5.74) is 2.70. The molecule has 2 aromatic rings. The van der Waals surface area contributed by atoms with E-state index in [-0.39, 0.29) is 17.8 Å². The van der Waals surface area contributed by atoms with E-state index in [2.05, 4.69) is 5.10 Å². The first-order valence-electron chi connectivity index (χ1n) is 6.83. The molecule has 3 rings (SSSR count). The molecule has 106 valence electrons. The van der Waals surface area contributed by atoms with Crippen LogP contribution in [0.15, 0.2) is 59.7 Å². The average molecular weight is 282 g/mol. The van der Waals surface area contributed by atoms with Crippen LogP contribution < -0.4 is 0 Å². The van der Waals surface area contributed by atoms with Crippen molar-refractivity contribution in [1.82, 2.24) is 5.01 Å². The molecule has 1 unspecified atom stereocenters. The molecular weight excluding hydrogens is 267 g/mol. The number of nitrogens with zero attached hydrogens (tertiary/aromatic N) is 2. The van der Waals surface area contributed by atoms with Crippen LogP contribution in [0.25, 0.3) is 0 Å². The first kappa shape index (κ1) is 13.5. The molecule has 1 amide bonds. The SMILES string of the molecule is CC(=O)N1N=C(c2ccc(F)cc2)CC1c1ccccc1. The molecule has 0 bridgehead atoms. The van der Waals surface area contributed by atoms with Gasteiger partial charge in [-0.3, -0.25) is 4.79 Å². The number of halogens is 1. The van der Waals surface area contributed by atoms with Crippen LogP contribution in [0.4, 0.5) is 4.39 Å². The minimum absolute atomic E-state index is 0.0937. The van der Waals surface area contributed by atoms with Crippen LogP contribution in [0.1, 0.15) is 30.5 Å². The van der Waals surface area contributed by atoms with E-state index < -0.39 is 0 Å². The lowest BCUT2D eigenvalue weighted by atomic mass is 9.98. The molecule has 21 heavy (non-hydrogen) atoms. The van der Waals surface area contributed by atoms with Crippen molar-refractivity contribution in [3.05, 3.63) is 71.5 Å². The third-order valence-corrected chi connectivity index (χ3v) is 3.59. The summed E-state index contributed by atoms with van der Waals surface area (Å²) in [6, 6.07) is 15.9. The number of carbonyl (C=O) groups is 1. The van der Waals surface area contributed by atoms with Gasteiger partial charge in [-0.25, -0.2) is 9.40 Å². The standard InChI is InChI=1S/C17H15FN2O/c1-12(21)20-17(14-5-3-2-4-6-14)11-16(19-20)13-7-9-15(18)10-8-13/h2-10,17H,11H2,1H3. The molecule has 1 aliphatic heterocycles. The van der Waals surface area contributed by atoms with Gasteiger partial charge in [0.25, 0.3) is 0 Å². The van der Waals surface area contributed by atoms with Crippen molar-refractivity contribution in [2.75, 3.05) is 0 Å². The molecule has 0 N–H and O–H groups in total. The van der Waals surface area contributed by atoms with Crippen molar-refractivity contribution >= 4 is 11.6 Å². The average Bonchev–Trinajstić information content (AvgIpc) is 2.94. The normalized spacial score (nSPS) is 17.7. The summed E-state index contributed by atoms with van der Waals surface area (Å²) in [6.45, 7) is 1.51. The lowest BCUT2D eigenvalue weighted by Crippen LogP contribution is -2.24. The number of benzene rings is 2. The van der Waals surface area contributed by atoms with E-state index in [9.17, 15) is 9.18 Å². The van der Waals surface area contributed by atoms with E-state index in [4.69, 9.17) is 0 Å². The van der Waals surface area contributed by atoms with Gasteiger partial charge in [0.2, 0.25) is 5.91 Å². The molecular formula is C17H15FN2O. The highest BCUT2D eigenvalue weighted by molar-refractivity contribution is 6.03. The number of carbonyl (C=O) groups excluding carboxylic acids is 1. The molecule has 0 saturated carbocycles. The Morgan fingerprint density at radius 1 is 1.14 bits per heavy atom.